The lowest BCUT2D eigenvalue weighted by molar-refractivity contribution is 0.0492. The highest BCUT2D eigenvalue weighted by molar-refractivity contribution is 5.67. The fraction of sp³-hybridized carbons (Fsp3) is 0.933. The molecule has 3 nitrogen and oxygen atoms in total. The van der Waals surface area contributed by atoms with Crippen LogP contribution in [-0.2, 0) is 4.74 Å². The molecule has 18 heavy (non-hydrogen) atoms. The first-order chi connectivity index (χ1) is 8.22. The van der Waals surface area contributed by atoms with Crippen molar-refractivity contribution in [2.75, 3.05) is 6.54 Å². The minimum atomic E-state index is -0.412. The largest absolute Gasteiger partial charge is 0.444 e. The van der Waals surface area contributed by atoms with Gasteiger partial charge in [0.15, 0.2) is 0 Å². The van der Waals surface area contributed by atoms with E-state index in [-0.39, 0.29) is 6.09 Å². The Balaban J connectivity index is 2.45. The van der Waals surface area contributed by atoms with Crippen LogP contribution in [0.4, 0.5) is 4.79 Å². The zero-order chi connectivity index (χ0) is 13.8. The molecule has 0 radical (unpaired) electrons. The molecule has 0 aromatic carbocycles. The Morgan fingerprint density at radius 3 is 2.28 bits per heavy atom. The molecule has 0 unspecified atom stereocenters. The second-order valence-corrected chi connectivity index (χ2v) is 7.16. The highest BCUT2D eigenvalue weighted by Crippen LogP contribution is 2.42. The quantitative estimate of drug-likeness (QED) is 0.820. The predicted octanol–water partition coefficient (Wildman–Crippen LogP) is 4.12. The molecule has 1 aliphatic carbocycles. The molecule has 0 aromatic rings. The minimum Gasteiger partial charge on any atom is -0.444 e. The van der Waals surface area contributed by atoms with Crippen molar-refractivity contribution in [2.24, 2.45) is 11.3 Å². The third-order valence-corrected chi connectivity index (χ3v) is 3.51. The van der Waals surface area contributed by atoms with Crippen LogP contribution in [0.15, 0.2) is 0 Å². The number of alkyl carbamates (subject to hydrolysis) is 1. The molecule has 106 valence electrons. The van der Waals surface area contributed by atoms with E-state index in [1.807, 2.05) is 20.8 Å². The van der Waals surface area contributed by atoms with Crippen LogP contribution in [-0.4, -0.2) is 18.2 Å². The minimum absolute atomic E-state index is 0.280. The summed E-state index contributed by atoms with van der Waals surface area (Å²) in [6.45, 7) is 11.0. The third kappa shape index (κ3) is 5.28. The molecule has 1 N–H and O–H groups in total. The highest BCUT2D eigenvalue weighted by atomic mass is 16.6. The van der Waals surface area contributed by atoms with Gasteiger partial charge in [-0.25, -0.2) is 4.79 Å². The monoisotopic (exact) mass is 255 g/mol. The van der Waals surface area contributed by atoms with Crippen LogP contribution in [0.1, 0.15) is 66.7 Å². The molecule has 3 heteroatoms. The van der Waals surface area contributed by atoms with E-state index in [4.69, 9.17) is 4.74 Å². The van der Waals surface area contributed by atoms with Gasteiger partial charge in [-0.3, -0.25) is 0 Å². The van der Waals surface area contributed by atoms with Crippen molar-refractivity contribution in [3.8, 4) is 0 Å². The van der Waals surface area contributed by atoms with Crippen molar-refractivity contribution in [1.82, 2.24) is 5.32 Å². The van der Waals surface area contributed by atoms with E-state index in [1.54, 1.807) is 0 Å². The summed E-state index contributed by atoms with van der Waals surface area (Å²) < 4.78 is 5.30. The lowest BCUT2D eigenvalue weighted by Gasteiger charge is -2.31. The van der Waals surface area contributed by atoms with E-state index < -0.39 is 5.60 Å². The number of hydrogen-bond acceptors (Lipinski definition) is 2. The molecule has 1 saturated carbocycles. The highest BCUT2D eigenvalue weighted by Gasteiger charge is 2.35. The van der Waals surface area contributed by atoms with Crippen molar-refractivity contribution in [1.29, 1.82) is 0 Å². The molecule has 1 fully saturated rings. The smallest absolute Gasteiger partial charge is 0.407 e. The van der Waals surface area contributed by atoms with Crippen molar-refractivity contribution in [3.63, 3.8) is 0 Å². The molecule has 1 aliphatic rings. The molecule has 1 rings (SSSR count). The predicted molar refractivity (Wildman–Crippen MR) is 74.6 cm³/mol. The standard InChI is InChI=1S/C15H29NO2/c1-12(2)10-15(8-6-7-9-15)11-16-13(17)18-14(3,4)5/h12H,6-11H2,1-5H3,(H,16,17). The zero-order valence-electron chi connectivity index (χ0n) is 12.6. The maximum Gasteiger partial charge on any atom is 0.407 e. The Labute approximate surface area is 112 Å². The Morgan fingerprint density at radius 1 is 1.28 bits per heavy atom. The Hall–Kier alpha value is -0.730. The van der Waals surface area contributed by atoms with Crippen molar-refractivity contribution < 1.29 is 9.53 Å². The van der Waals surface area contributed by atoms with E-state index in [2.05, 4.69) is 19.2 Å². The Morgan fingerprint density at radius 2 is 1.83 bits per heavy atom. The summed E-state index contributed by atoms with van der Waals surface area (Å²) in [5.41, 5.74) is -0.101. The molecular formula is C15H29NO2. The molecule has 0 bridgehead atoms. The summed E-state index contributed by atoms with van der Waals surface area (Å²) in [5.74, 6) is 0.684. The van der Waals surface area contributed by atoms with Gasteiger partial charge in [0.05, 0.1) is 0 Å². The molecule has 0 aromatic heterocycles. The second kappa shape index (κ2) is 5.94. The van der Waals surface area contributed by atoms with Gasteiger partial charge in [-0.1, -0.05) is 26.7 Å². The molecule has 0 heterocycles. The maximum absolute atomic E-state index is 11.7. The van der Waals surface area contributed by atoms with Crippen molar-refractivity contribution >= 4 is 6.09 Å². The number of nitrogens with one attached hydrogen (secondary N) is 1. The maximum atomic E-state index is 11.7. The fourth-order valence-corrected chi connectivity index (χ4v) is 3.02. The van der Waals surface area contributed by atoms with Gasteiger partial charge >= 0.3 is 6.09 Å². The number of carbonyl (C=O) groups excluding carboxylic acids is 1. The van der Waals surface area contributed by atoms with Crippen LogP contribution in [0.25, 0.3) is 0 Å². The molecule has 0 atom stereocenters. The third-order valence-electron chi connectivity index (χ3n) is 3.51. The van der Waals surface area contributed by atoms with Crippen LogP contribution in [0, 0.1) is 11.3 Å². The van der Waals surface area contributed by atoms with Gasteiger partial charge in [0.1, 0.15) is 5.60 Å². The lowest BCUT2D eigenvalue weighted by Crippen LogP contribution is -2.39. The van der Waals surface area contributed by atoms with E-state index in [0.29, 0.717) is 11.3 Å². The summed E-state index contributed by atoms with van der Waals surface area (Å²) in [6.07, 6.45) is 5.98. The number of rotatable bonds is 4. The SMILES string of the molecule is CC(C)CC1(CNC(=O)OC(C)(C)C)CCCC1. The summed E-state index contributed by atoms with van der Waals surface area (Å²) in [7, 11) is 0. The van der Waals surface area contributed by atoms with Crippen LogP contribution in [0.5, 0.6) is 0 Å². The summed E-state index contributed by atoms with van der Waals surface area (Å²) in [5, 5.41) is 2.97. The zero-order valence-corrected chi connectivity index (χ0v) is 12.6. The van der Waals surface area contributed by atoms with Gasteiger partial charge in [0.25, 0.3) is 0 Å². The number of carbonyl (C=O) groups is 1. The normalized spacial score (nSPS) is 19.0. The molecule has 0 saturated heterocycles. The fourth-order valence-electron chi connectivity index (χ4n) is 3.02. The van der Waals surface area contributed by atoms with E-state index in [1.165, 1.54) is 32.1 Å². The van der Waals surface area contributed by atoms with E-state index in [9.17, 15) is 4.79 Å². The van der Waals surface area contributed by atoms with E-state index >= 15 is 0 Å². The number of hydrogen-bond donors (Lipinski definition) is 1. The van der Waals surface area contributed by atoms with Crippen molar-refractivity contribution in [3.05, 3.63) is 0 Å². The van der Waals surface area contributed by atoms with Gasteiger partial charge < -0.3 is 10.1 Å². The van der Waals surface area contributed by atoms with Gasteiger partial charge in [0, 0.05) is 6.54 Å². The summed E-state index contributed by atoms with van der Waals surface area (Å²) >= 11 is 0. The molecule has 0 spiro atoms. The summed E-state index contributed by atoms with van der Waals surface area (Å²) in [6, 6.07) is 0. The molecular weight excluding hydrogens is 226 g/mol. The van der Waals surface area contributed by atoms with Crippen molar-refractivity contribution in [2.45, 2.75) is 72.3 Å². The second-order valence-electron chi connectivity index (χ2n) is 7.16. The van der Waals surface area contributed by atoms with E-state index in [0.717, 1.165) is 6.54 Å². The first kappa shape index (κ1) is 15.3. The number of amides is 1. The van der Waals surface area contributed by atoms with Gasteiger partial charge in [0.2, 0.25) is 0 Å². The average Bonchev–Trinajstić information content (AvgIpc) is 2.60. The first-order valence-corrected chi connectivity index (χ1v) is 7.19. The first-order valence-electron chi connectivity index (χ1n) is 7.19. The number of ether oxygens (including phenoxy) is 1. The lowest BCUT2D eigenvalue weighted by atomic mass is 9.78. The van der Waals surface area contributed by atoms with Crippen LogP contribution >= 0.6 is 0 Å². The topological polar surface area (TPSA) is 38.3 Å². The van der Waals surface area contributed by atoms with Crippen LogP contribution < -0.4 is 5.32 Å². The van der Waals surface area contributed by atoms with Crippen LogP contribution in [0.2, 0.25) is 0 Å². The summed E-state index contributed by atoms with van der Waals surface area (Å²) in [4.78, 5) is 11.7. The van der Waals surface area contributed by atoms with Crippen LogP contribution in [0.3, 0.4) is 0 Å². The van der Waals surface area contributed by atoms with Gasteiger partial charge in [-0.2, -0.15) is 0 Å². The Kier molecular flexibility index (Phi) is 5.06. The molecule has 0 aliphatic heterocycles. The van der Waals surface area contributed by atoms with Gasteiger partial charge in [-0.15, -0.1) is 0 Å². The van der Waals surface area contributed by atoms with Gasteiger partial charge in [-0.05, 0) is 51.4 Å². The average molecular weight is 255 g/mol. The molecule has 1 amide bonds. The Bertz CT molecular complexity index is 273.